The molecule has 0 radical (unpaired) electrons. The monoisotopic (exact) mass is 412 g/mol. The Balaban J connectivity index is 2.31. The second kappa shape index (κ2) is 7.63. The molecule has 0 spiro atoms. The molecule has 1 aromatic rings. The van der Waals surface area contributed by atoms with Crippen molar-refractivity contribution < 1.29 is 23.9 Å². The maximum atomic E-state index is 11.9. The lowest BCUT2D eigenvalue weighted by atomic mass is 10.2. The summed E-state index contributed by atoms with van der Waals surface area (Å²) in [5.74, 6) is -0.624. The highest BCUT2D eigenvalue weighted by molar-refractivity contribution is 9.10. The van der Waals surface area contributed by atoms with Crippen LogP contribution in [-0.2, 0) is 14.4 Å². The van der Waals surface area contributed by atoms with E-state index in [4.69, 9.17) is 9.47 Å². The van der Waals surface area contributed by atoms with E-state index in [2.05, 4.69) is 26.2 Å². The number of rotatable bonds is 3. The summed E-state index contributed by atoms with van der Waals surface area (Å²) in [5.41, 5.74) is 0.643. The van der Waals surface area contributed by atoms with Crippen molar-refractivity contribution in [2.24, 2.45) is 4.99 Å². The summed E-state index contributed by atoms with van der Waals surface area (Å²) in [4.78, 5) is 38.2. The second-order valence-electron chi connectivity index (χ2n) is 4.64. The number of amidine groups is 1. The zero-order valence-corrected chi connectivity index (χ0v) is 15.4. The Morgan fingerprint density at radius 1 is 1.33 bits per heavy atom. The summed E-state index contributed by atoms with van der Waals surface area (Å²) in [6.07, 6.45) is 1.61. The fourth-order valence-electron chi connectivity index (χ4n) is 1.83. The van der Waals surface area contributed by atoms with E-state index in [1.807, 2.05) is 0 Å². The van der Waals surface area contributed by atoms with Gasteiger partial charge < -0.3 is 14.8 Å². The number of nitrogens with one attached hydrogen (secondary N) is 1. The molecule has 2 amide bonds. The number of aliphatic imine (C=N–C) groups is 1. The lowest BCUT2D eigenvalue weighted by Gasteiger charge is -2.11. The maximum absolute atomic E-state index is 11.9. The second-order valence-corrected chi connectivity index (χ2v) is 6.53. The van der Waals surface area contributed by atoms with Gasteiger partial charge in [-0.25, -0.2) is 0 Å². The van der Waals surface area contributed by atoms with Crippen molar-refractivity contribution in [3.8, 4) is 11.5 Å². The standard InChI is InChI=1S/C15H13BrN2O5S/c1-7(19)17-15-18-14(21)12(24-15)6-9-4-10(16)13(23-8(2)20)11(5-9)22-3/h4-6H,1-3H3,(H,17,18,19,21)/b12-6-. The maximum Gasteiger partial charge on any atom is 0.308 e. The van der Waals surface area contributed by atoms with Crippen molar-refractivity contribution in [3.63, 3.8) is 0 Å². The van der Waals surface area contributed by atoms with Gasteiger partial charge in [0.25, 0.3) is 5.91 Å². The van der Waals surface area contributed by atoms with Gasteiger partial charge in [-0.15, -0.1) is 0 Å². The molecular weight excluding hydrogens is 400 g/mol. The van der Waals surface area contributed by atoms with E-state index in [1.165, 1.54) is 21.0 Å². The van der Waals surface area contributed by atoms with Crippen molar-refractivity contribution in [1.29, 1.82) is 0 Å². The first-order valence-corrected chi connectivity index (χ1v) is 8.27. The normalized spacial score (nSPS) is 15.2. The molecule has 24 heavy (non-hydrogen) atoms. The van der Waals surface area contributed by atoms with Crippen LogP contribution in [0.15, 0.2) is 26.5 Å². The van der Waals surface area contributed by atoms with Gasteiger partial charge in [0.15, 0.2) is 16.7 Å². The quantitative estimate of drug-likeness (QED) is 0.465. The van der Waals surface area contributed by atoms with Crippen LogP contribution in [0.5, 0.6) is 11.5 Å². The van der Waals surface area contributed by atoms with Gasteiger partial charge in [0, 0.05) is 13.8 Å². The topological polar surface area (TPSA) is 94.1 Å². The van der Waals surface area contributed by atoms with Crippen LogP contribution in [-0.4, -0.2) is 30.1 Å². The zero-order chi connectivity index (χ0) is 17.9. The average molecular weight is 413 g/mol. The predicted molar refractivity (Wildman–Crippen MR) is 93.8 cm³/mol. The number of halogens is 1. The van der Waals surface area contributed by atoms with Crippen LogP contribution in [0, 0.1) is 0 Å². The van der Waals surface area contributed by atoms with E-state index < -0.39 is 11.9 Å². The summed E-state index contributed by atoms with van der Waals surface area (Å²) in [7, 11) is 1.44. The highest BCUT2D eigenvalue weighted by Crippen LogP contribution is 2.38. The number of benzene rings is 1. The molecule has 7 nitrogen and oxygen atoms in total. The summed E-state index contributed by atoms with van der Waals surface area (Å²) < 4.78 is 10.8. The van der Waals surface area contributed by atoms with Gasteiger partial charge >= 0.3 is 5.97 Å². The summed E-state index contributed by atoms with van der Waals surface area (Å²) in [5, 5.41) is 2.71. The largest absolute Gasteiger partial charge is 0.493 e. The molecule has 0 saturated heterocycles. The molecular formula is C15H13BrN2O5S. The third-order valence-electron chi connectivity index (χ3n) is 2.70. The van der Waals surface area contributed by atoms with E-state index in [0.717, 1.165) is 11.8 Å². The third-order valence-corrected chi connectivity index (χ3v) is 4.19. The van der Waals surface area contributed by atoms with Gasteiger partial charge in [0.05, 0.1) is 16.5 Å². The predicted octanol–water partition coefficient (Wildman–Crippen LogP) is 2.49. The Kier molecular flexibility index (Phi) is 5.79. The molecule has 9 heteroatoms. The minimum atomic E-state index is -0.477. The molecule has 0 bridgehead atoms. The first kappa shape index (κ1) is 18.2. The summed E-state index contributed by atoms with van der Waals surface area (Å²) >= 11 is 4.38. The van der Waals surface area contributed by atoms with Crippen LogP contribution in [0.1, 0.15) is 19.4 Å². The lowest BCUT2D eigenvalue weighted by molar-refractivity contribution is -0.132. The van der Waals surface area contributed by atoms with Gasteiger partial charge in [0.2, 0.25) is 5.91 Å². The number of ether oxygens (including phenoxy) is 2. The molecule has 2 rings (SSSR count). The van der Waals surface area contributed by atoms with Crippen LogP contribution in [0.2, 0.25) is 0 Å². The molecule has 1 aliphatic heterocycles. The SMILES string of the molecule is COc1cc(/C=C2\SC(NC(C)=O)=NC2=O)cc(Br)c1OC(C)=O. The molecule has 0 atom stereocenters. The molecule has 1 N–H and O–H groups in total. The van der Waals surface area contributed by atoms with Crippen molar-refractivity contribution in [3.05, 3.63) is 27.1 Å². The fourth-order valence-corrected chi connectivity index (χ4v) is 3.23. The van der Waals surface area contributed by atoms with E-state index >= 15 is 0 Å². The third kappa shape index (κ3) is 4.45. The van der Waals surface area contributed by atoms with Gasteiger partial charge in [-0.1, -0.05) is 0 Å². The lowest BCUT2D eigenvalue weighted by Crippen LogP contribution is -2.23. The Morgan fingerprint density at radius 3 is 2.62 bits per heavy atom. The molecule has 0 saturated carbocycles. The number of nitrogens with zero attached hydrogens (tertiary/aromatic N) is 1. The van der Waals surface area contributed by atoms with Crippen LogP contribution < -0.4 is 14.8 Å². The number of carbonyl (C=O) groups excluding carboxylic acids is 3. The van der Waals surface area contributed by atoms with Crippen LogP contribution in [0.4, 0.5) is 0 Å². The molecule has 1 aliphatic rings. The Bertz CT molecular complexity index is 788. The van der Waals surface area contributed by atoms with Crippen molar-refractivity contribution in [1.82, 2.24) is 5.32 Å². The number of thioether (sulfide) groups is 1. The van der Waals surface area contributed by atoms with Crippen LogP contribution in [0.3, 0.4) is 0 Å². The first-order chi connectivity index (χ1) is 11.3. The van der Waals surface area contributed by atoms with Gasteiger partial charge in [-0.05, 0) is 51.5 Å². The number of esters is 1. The molecule has 0 unspecified atom stereocenters. The van der Waals surface area contributed by atoms with Crippen molar-refractivity contribution in [2.75, 3.05) is 7.11 Å². The van der Waals surface area contributed by atoms with E-state index in [-0.39, 0.29) is 16.8 Å². The minimum Gasteiger partial charge on any atom is -0.493 e. The van der Waals surface area contributed by atoms with Gasteiger partial charge in [0.1, 0.15) is 0 Å². The Morgan fingerprint density at radius 2 is 2.04 bits per heavy atom. The van der Waals surface area contributed by atoms with Gasteiger partial charge in [-0.3, -0.25) is 14.4 Å². The number of hydrogen-bond acceptors (Lipinski definition) is 6. The molecule has 1 aromatic carbocycles. The summed E-state index contributed by atoms with van der Waals surface area (Å²) in [6.45, 7) is 2.63. The smallest absolute Gasteiger partial charge is 0.308 e. The highest BCUT2D eigenvalue weighted by atomic mass is 79.9. The number of carbonyl (C=O) groups is 3. The number of amides is 2. The molecule has 0 aliphatic carbocycles. The summed E-state index contributed by atoms with van der Waals surface area (Å²) in [6, 6.07) is 3.30. The Hall–Kier alpha value is -2.13. The first-order valence-electron chi connectivity index (χ1n) is 6.66. The average Bonchev–Trinajstić information content (AvgIpc) is 2.80. The minimum absolute atomic E-state index is 0.237. The molecule has 126 valence electrons. The zero-order valence-electron chi connectivity index (χ0n) is 13.0. The van der Waals surface area contributed by atoms with Crippen molar-refractivity contribution in [2.45, 2.75) is 13.8 Å². The molecule has 1 heterocycles. The molecule has 0 aromatic heterocycles. The number of hydrogen-bond donors (Lipinski definition) is 1. The highest BCUT2D eigenvalue weighted by Gasteiger charge is 2.23. The molecule has 0 fully saturated rings. The van der Waals surface area contributed by atoms with Gasteiger partial charge in [-0.2, -0.15) is 4.99 Å². The van der Waals surface area contributed by atoms with E-state index in [1.54, 1.807) is 18.2 Å². The van der Waals surface area contributed by atoms with E-state index in [0.29, 0.717) is 20.7 Å². The Labute approximate surface area is 150 Å². The number of methoxy groups -OCH3 is 1. The fraction of sp³-hybridized carbons (Fsp3) is 0.200. The van der Waals surface area contributed by atoms with Crippen LogP contribution >= 0.6 is 27.7 Å². The van der Waals surface area contributed by atoms with Crippen molar-refractivity contribution >= 4 is 56.7 Å². The van der Waals surface area contributed by atoms with E-state index in [9.17, 15) is 14.4 Å². The van der Waals surface area contributed by atoms with Crippen LogP contribution in [0.25, 0.3) is 6.08 Å².